The topological polar surface area (TPSA) is 104 Å². The number of pyridine rings is 1. The lowest BCUT2D eigenvalue weighted by Crippen LogP contribution is -2.51. The van der Waals surface area contributed by atoms with Gasteiger partial charge < -0.3 is 9.73 Å². The van der Waals surface area contributed by atoms with E-state index in [0.29, 0.717) is 13.1 Å². The molecule has 0 amide bonds. The minimum atomic E-state index is -4.83. The molecule has 0 aliphatic carbocycles. The number of nitrogens with zero attached hydrogens (tertiary/aromatic N) is 5. The summed E-state index contributed by atoms with van der Waals surface area (Å²) in [5.41, 5.74) is 0.167. The minimum Gasteiger partial charge on any atom is -0.413 e. The van der Waals surface area contributed by atoms with Gasteiger partial charge in [-0.2, -0.15) is 25.9 Å². The number of hydrogen-bond donors (Lipinski definition) is 1. The Morgan fingerprint density at radius 2 is 1.83 bits per heavy atom. The molecule has 1 aliphatic rings. The van der Waals surface area contributed by atoms with E-state index in [-0.39, 0.29) is 61.3 Å². The van der Waals surface area contributed by atoms with Crippen LogP contribution in [0.15, 0.2) is 47.1 Å². The Labute approximate surface area is 210 Å². The summed E-state index contributed by atoms with van der Waals surface area (Å²) in [5, 5.41) is 9.29. The Morgan fingerprint density at radius 1 is 1.11 bits per heavy atom. The summed E-state index contributed by atoms with van der Waals surface area (Å²) >= 11 is 0. The molecule has 2 aromatic heterocycles. The average Bonchev–Trinajstić information content (AvgIpc) is 3.30. The Balaban J connectivity index is 0.00000216. The number of aromatic nitrogens is 3. The van der Waals surface area contributed by atoms with Crippen molar-refractivity contribution >= 4 is 40.7 Å². The Morgan fingerprint density at radius 3 is 2.40 bits per heavy atom. The summed E-state index contributed by atoms with van der Waals surface area (Å²) in [6, 6.07) is 6.56. The van der Waals surface area contributed by atoms with Gasteiger partial charge in [0.2, 0.25) is 5.89 Å². The number of anilines is 1. The summed E-state index contributed by atoms with van der Waals surface area (Å²) in [6.07, 6.45) is -2.00. The van der Waals surface area contributed by atoms with Crippen molar-refractivity contribution in [2.45, 2.75) is 12.7 Å². The van der Waals surface area contributed by atoms with Crippen molar-refractivity contribution < 1.29 is 30.4 Å². The fraction of sp³-hybridized carbons (Fsp3) is 0.316. The molecule has 1 aromatic carbocycles. The predicted molar refractivity (Wildman–Crippen MR) is 123 cm³/mol. The first kappa shape index (κ1) is 28.7. The zero-order valence-electron chi connectivity index (χ0n) is 17.8. The van der Waals surface area contributed by atoms with Gasteiger partial charge in [-0.1, -0.05) is 6.07 Å². The van der Waals surface area contributed by atoms with Crippen molar-refractivity contribution in [1.29, 1.82) is 0 Å². The van der Waals surface area contributed by atoms with E-state index in [4.69, 9.17) is 0 Å². The van der Waals surface area contributed by atoms with Crippen LogP contribution in [-0.2, 0) is 22.9 Å². The number of halogens is 6. The average molecular weight is 559 g/mol. The zero-order chi connectivity index (χ0) is 23.6. The maximum absolute atomic E-state index is 14.9. The first-order valence-electron chi connectivity index (χ1n) is 9.74. The van der Waals surface area contributed by atoms with Crippen LogP contribution < -0.4 is 9.62 Å². The summed E-state index contributed by atoms with van der Waals surface area (Å²) in [5.74, 6) is -2.90. The predicted octanol–water partition coefficient (Wildman–Crippen LogP) is 3.29. The van der Waals surface area contributed by atoms with E-state index in [1.54, 1.807) is 6.07 Å². The number of rotatable bonds is 6. The molecule has 3 heterocycles. The quantitative estimate of drug-likeness (QED) is 0.463. The van der Waals surface area contributed by atoms with Gasteiger partial charge in [0.25, 0.3) is 0 Å². The van der Waals surface area contributed by atoms with Gasteiger partial charge in [-0.05, 0) is 24.3 Å². The van der Waals surface area contributed by atoms with Crippen LogP contribution in [0.25, 0.3) is 11.5 Å². The molecule has 0 unspecified atom stereocenters. The molecule has 9 nitrogen and oxygen atoms in total. The van der Waals surface area contributed by atoms with E-state index in [0.717, 1.165) is 10.4 Å². The molecule has 0 atom stereocenters. The summed E-state index contributed by atoms with van der Waals surface area (Å²) < 4.78 is 86.5. The number of benzene rings is 1. The fourth-order valence-electron chi connectivity index (χ4n) is 3.24. The molecule has 35 heavy (non-hydrogen) atoms. The highest BCUT2D eigenvalue weighted by Crippen LogP contribution is 2.31. The Kier molecular flexibility index (Phi) is 9.42. The van der Waals surface area contributed by atoms with Gasteiger partial charge in [0.15, 0.2) is 0 Å². The standard InChI is InChI=1S/C19H18F4N6O3S.2ClH/c20-16-10-13(17-26-27-18(32-17)19(21,22)23)3-4-14(16)12-29(15-2-1-5-25-11-15)33(30,31)28-8-6-24-7-9-28;;/h1-5,10-11,24H,6-9,12H2;2*1H. The third-order valence-electron chi connectivity index (χ3n) is 4.90. The maximum Gasteiger partial charge on any atom is 0.470 e. The van der Waals surface area contributed by atoms with E-state index in [2.05, 4.69) is 24.9 Å². The molecular weight excluding hydrogens is 539 g/mol. The van der Waals surface area contributed by atoms with Gasteiger partial charge in [0, 0.05) is 43.5 Å². The van der Waals surface area contributed by atoms with Crippen LogP contribution in [0.3, 0.4) is 0 Å². The molecule has 0 saturated carbocycles. The molecule has 1 aliphatic heterocycles. The largest absolute Gasteiger partial charge is 0.470 e. The van der Waals surface area contributed by atoms with E-state index in [1.807, 2.05) is 0 Å². The monoisotopic (exact) mass is 558 g/mol. The Hall–Kier alpha value is -2.52. The summed E-state index contributed by atoms with van der Waals surface area (Å²) in [4.78, 5) is 3.95. The summed E-state index contributed by atoms with van der Waals surface area (Å²) in [7, 11) is -4.01. The summed E-state index contributed by atoms with van der Waals surface area (Å²) in [6.45, 7) is 1.10. The number of nitrogens with one attached hydrogen (secondary N) is 1. The zero-order valence-corrected chi connectivity index (χ0v) is 20.2. The lowest BCUT2D eigenvalue weighted by atomic mass is 10.1. The minimum absolute atomic E-state index is 0. The molecule has 0 spiro atoms. The van der Waals surface area contributed by atoms with Crippen molar-refractivity contribution in [1.82, 2.24) is 24.8 Å². The third-order valence-corrected chi connectivity index (χ3v) is 6.81. The highest BCUT2D eigenvalue weighted by atomic mass is 35.5. The number of hydrogen-bond acceptors (Lipinski definition) is 7. The highest BCUT2D eigenvalue weighted by molar-refractivity contribution is 7.90. The van der Waals surface area contributed by atoms with E-state index >= 15 is 0 Å². The molecule has 0 bridgehead atoms. The van der Waals surface area contributed by atoms with Gasteiger partial charge >= 0.3 is 22.3 Å². The van der Waals surface area contributed by atoms with Crippen molar-refractivity contribution in [3.8, 4) is 11.5 Å². The smallest absolute Gasteiger partial charge is 0.413 e. The first-order valence-corrected chi connectivity index (χ1v) is 11.1. The molecule has 1 N–H and O–H groups in total. The number of piperazine rings is 1. The van der Waals surface area contributed by atoms with Crippen LogP contribution in [0, 0.1) is 5.82 Å². The lowest BCUT2D eigenvalue weighted by Gasteiger charge is -2.33. The molecule has 16 heteroatoms. The SMILES string of the molecule is Cl.Cl.O=S(=O)(N1CCNCC1)N(Cc1ccc(-c2nnc(C(F)(F)F)o2)cc1F)c1cccnc1. The van der Waals surface area contributed by atoms with Crippen molar-refractivity contribution in [3.05, 3.63) is 60.0 Å². The second-order valence-corrected chi connectivity index (χ2v) is 8.94. The fourth-order valence-corrected chi connectivity index (χ4v) is 4.84. The van der Waals surface area contributed by atoms with Crippen molar-refractivity contribution in [2.75, 3.05) is 30.5 Å². The molecule has 1 saturated heterocycles. The van der Waals surface area contributed by atoms with Crippen LogP contribution in [0.5, 0.6) is 0 Å². The second-order valence-electron chi connectivity index (χ2n) is 7.09. The van der Waals surface area contributed by atoms with Crippen LogP contribution >= 0.6 is 24.8 Å². The molecule has 0 radical (unpaired) electrons. The van der Waals surface area contributed by atoms with E-state index in [9.17, 15) is 26.0 Å². The maximum atomic E-state index is 14.9. The highest BCUT2D eigenvalue weighted by Gasteiger charge is 2.38. The van der Waals surface area contributed by atoms with E-state index in [1.165, 1.54) is 34.9 Å². The molecular formula is C19H20Cl2F4N6O3S. The van der Waals surface area contributed by atoms with Gasteiger partial charge in [0.1, 0.15) is 5.82 Å². The molecule has 1 fully saturated rings. The molecule has 192 valence electrons. The molecule has 4 rings (SSSR count). The normalized spacial score (nSPS) is 14.6. The Bertz CT molecular complexity index is 1220. The van der Waals surface area contributed by atoms with Gasteiger partial charge in [0.05, 0.1) is 18.4 Å². The van der Waals surface area contributed by atoms with Crippen molar-refractivity contribution in [2.24, 2.45) is 0 Å². The third kappa shape index (κ3) is 6.38. The van der Waals surface area contributed by atoms with Crippen LogP contribution in [0.4, 0.5) is 23.2 Å². The molecule has 3 aromatic rings. The van der Waals surface area contributed by atoms with Crippen LogP contribution in [-0.4, -0.2) is 54.1 Å². The van der Waals surface area contributed by atoms with Crippen molar-refractivity contribution in [3.63, 3.8) is 0 Å². The first-order chi connectivity index (χ1) is 15.7. The van der Waals surface area contributed by atoms with E-state index < -0.39 is 34.0 Å². The second kappa shape index (κ2) is 11.5. The number of alkyl halides is 3. The van der Waals surface area contributed by atoms with Gasteiger partial charge in [-0.15, -0.1) is 35.0 Å². The van der Waals surface area contributed by atoms with Gasteiger partial charge in [-0.3, -0.25) is 9.29 Å². The van der Waals surface area contributed by atoms with Crippen LogP contribution in [0.1, 0.15) is 11.5 Å². The van der Waals surface area contributed by atoms with Crippen LogP contribution in [0.2, 0.25) is 0 Å². The lowest BCUT2D eigenvalue weighted by molar-refractivity contribution is -0.156. The van der Waals surface area contributed by atoms with Gasteiger partial charge in [-0.25, -0.2) is 4.39 Å².